The van der Waals surface area contributed by atoms with Crippen molar-refractivity contribution in [2.45, 2.75) is 10.9 Å². The highest BCUT2D eigenvalue weighted by Gasteiger charge is 2.13. The van der Waals surface area contributed by atoms with Gasteiger partial charge in [0.15, 0.2) is 0 Å². The minimum atomic E-state index is -0.568. The number of hydrogen-bond donors (Lipinski definition) is 1. The van der Waals surface area contributed by atoms with E-state index in [0.29, 0.717) is 5.75 Å². The summed E-state index contributed by atoms with van der Waals surface area (Å²) in [5.41, 5.74) is 6.12. The monoisotopic (exact) mass is 295 g/mol. The van der Waals surface area contributed by atoms with Crippen LogP contribution in [0, 0.1) is 11.6 Å². The van der Waals surface area contributed by atoms with Crippen LogP contribution in [0.3, 0.4) is 0 Å². The summed E-state index contributed by atoms with van der Waals surface area (Å²) in [4.78, 5) is 0.969. The first-order valence-electron chi connectivity index (χ1n) is 6.07. The highest BCUT2D eigenvalue weighted by atomic mass is 32.2. The number of thioether (sulfide) groups is 1. The van der Waals surface area contributed by atoms with Crippen molar-refractivity contribution in [1.29, 1.82) is 0 Å². The highest BCUT2D eigenvalue weighted by molar-refractivity contribution is 7.99. The van der Waals surface area contributed by atoms with Gasteiger partial charge in [0.1, 0.15) is 17.4 Å². The molecule has 2 N–H and O–H groups in total. The van der Waals surface area contributed by atoms with Crippen LogP contribution in [0.25, 0.3) is 0 Å². The molecule has 0 saturated heterocycles. The smallest absolute Gasteiger partial charge is 0.128 e. The molecule has 2 aromatic rings. The SMILES string of the molecule is COc1cccc(SCC(N)c2cc(F)ccc2F)c1. The number of methoxy groups -OCH3 is 1. The Morgan fingerprint density at radius 1 is 1.20 bits per heavy atom. The molecule has 0 amide bonds. The summed E-state index contributed by atoms with van der Waals surface area (Å²) in [6.45, 7) is 0. The van der Waals surface area contributed by atoms with Crippen LogP contribution in [0.4, 0.5) is 8.78 Å². The normalized spacial score (nSPS) is 12.2. The van der Waals surface area contributed by atoms with Gasteiger partial charge < -0.3 is 10.5 Å². The number of nitrogens with two attached hydrogens (primary N) is 1. The predicted molar refractivity (Wildman–Crippen MR) is 77.0 cm³/mol. The van der Waals surface area contributed by atoms with Crippen LogP contribution < -0.4 is 10.5 Å². The van der Waals surface area contributed by atoms with Crippen molar-refractivity contribution in [3.63, 3.8) is 0 Å². The minimum absolute atomic E-state index is 0.195. The molecule has 0 aromatic heterocycles. The third-order valence-corrected chi connectivity index (χ3v) is 3.94. The lowest BCUT2D eigenvalue weighted by Gasteiger charge is -2.13. The number of rotatable bonds is 5. The van der Waals surface area contributed by atoms with Gasteiger partial charge in [0.05, 0.1) is 7.11 Å². The Labute approximate surface area is 120 Å². The lowest BCUT2D eigenvalue weighted by atomic mass is 10.1. The number of halogens is 2. The van der Waals surface area contributed by atoms with Crippen molar-refractivity contribution in [2.24, 2.45) is 5.73 Å². The van der Waals surface area contributed by atoms with Gasteiger partial charge in [0.25, 0.3) is 0 Å². The molecule has 0 aliphatic carbocycles. The maximum atomic E-state index is 13.6. The van der Waals surface area contributed by atoms with E-state index in [0.717, 1.165) is 28.8 Å². The van der Waals surface area contributed by atoms with Crippen LogP contribution in [0.15, 0.2) is 47.4 Å². The van der Waals surface area contributed by atoms with Crippen molar-refractivity contribution in [3.05, 3.63) is 59.7 Å². The largest absolute Gasteiger partial charge is 0.497 e. The molecule has 0 heterocycles. The van der Waals surface area contributed by atoms with Gasteiger partial charge in [-0.25, -0.2) is 8.78 Å². The zero-order chi connectivity index (χ0) is 14.5. The molecule has 1 unspecified atom stereocenters. The van der Waals surface area contributed by atoms with Gasteiger partial charge in [0, 0.05) is 22.3 Å². The molecule has 0 saturated carbocycles. The minimum Gasteiger partial charge on any atom is -0.497 e. The predicted octanol–water partition coefficient (Wildman–Crippen LogP) is 3.77. The van der Waals surface area contributed by atoms with Crippen LogP contribution in [0.5, 0.6) is 5.75 Å². The average molecular weight is 295 g/mol. The molecule has 106 valence electrons. The molecule has 20 heavy (non-hydrogen) atoms. The first kappa shape index (κ1) is 14.8. The van der Waals surface area contributed by atoms with Crippen molar-refractivity contribution in [2.75, 3.05) is 12.9 Å². The zero-order valence-electron chi connectivity index (χ0n) is 11.0. The van der Waals surface area contributed by atoms with Gasteiger partial charge in [-0.05, 0) is 36.4 Å². The molecule has 0 spiro atoms. The lowest BCUT2D eigenvalue weighted by Crippen LogP contribution is -2.15. The molecule has 5 heteroatoms. The van der Waals surface area contributed by atoms with E-state index in [2.05, 4.69) is 0 Å². The van der Waals surface area contributed by atoms with Gasteiger partial charge in [-0.3, -0.25) is 0 Å². The summed E-state index contributed by atoms with van der Waals surface area (Å²) in [7, 11) is 1.59. The first-order valence-corrected chi connectivity index (χ1v) is 7.06. The van der Waals surface area contributed by atoms with E-state index in [1.807, 2.05) is 24.3 Å². The van der Waals surface area contributed by atoms with Crippen LogP contribution in [-0.2, 0) is 0 Å². The summed E-state index contributed by atoms with van der Waals surface area (Å²) in [5.74, 6) is 0.238. The molecule has 0 aliphatic rings. The Morgan fingerprint density at radius 3 is 2.75 bits per heavy atom. The van der Waals surface area contributed by atoms with E-state index in [1.54, 1.807) is 7.11 Å². The summed E-state index contributed by atoms with van der Waals surface area (Å²) in [6, 6.07) is 10.3. The van der Waals surface area contributed by atoms with E-state index in [1.165, 1.54) is 11.8 Å². The van der Waals surface area contributed by atoms with Crippen LogP contribution in [0.2, 0.25) is 0 Å². The summed E-state index contributed by atoms with van der Waals surface area (Å²) >= 11 is 1.47. The molecule has 1 atom stereocenters. The van der Waals surface area contributed by atoms with Gasteiger partial charge in [0.2, 0.25) is 0 Å². The summed E-state index contributed by atoms with van der Waals surface area (Å²) < 4.78 is 31.8. The summed E-state index contributed by atoms with van der Waals surface area (Å²) in [6.07, 6.45) is 0. The topological polar surface area (TPSA) is 35.2 Å². The van der Waals surface area contributed by atoms with Gasteiger partial charge in [-0.1, -0.05) is 6.07 Å². The molecule has 0 bridgehead atoms. The van der Waals surface area contributed by atoms with Crippen LogP contribution in [0.1, 0.15) is 11.6 Å². The van der Waals surface area contributed by atoms with Crippen molar-refractivity contribution < 1.29 is 13.5 Å². The Kier molecular flexibility index (Phi) is 4.98. The molecule has 0 aliphatic heterocycles. The first-order chi connectivity index (χ1) is 9.60. The number of hydrogen-bond acceptors (Lipinski definition) is 3. The fourth-order valence-electron chi connectivity index (χ4n) is 1.77. The molecular formula is C15H15F2NOS. The Balaban J connectivity index is 2.04. The van der Waals surface area contributed by atoms with Gasteiger partial charge in [-0.15, -0.1) is 11.8 Å². The molecule has 0 radical (unpaired) electrons. The number of ether oxygens (including phenoxy) is 1. The zero-order valence-corrected chi connectivity index (χ0v) is 11.8. The third-order valence-electron chi connectivity index (χ3n) is 2.83. The van der Waals surface area contributed by atoms with E-state index in [4.69, 9.17) is 10.5 Å². The quantitative estimate of drug-likeness (QED) is 0.853. The number of benzene rings is 2. The Bertz CT molecular complexity index is 592. The van der Waals surface area contributed by atoms with Crippen molar-refractivity contribution in [1.82, 2.24) is 0 Å². The molecule has 2 nitrogen and oxygen atoms in total. The van der Waals surface area contributed by atoms with E-state index >= 15 is 0 Å². The second kappa shape index (κ2) is 6.72. The van der Waals surface area contributed by atoms with Crippen LogP contribution >= 0.6 is 11.8 Å². The molecule has 2 rings (SSSR count). The van der Waals surface area contributed by atoms with Gasteiger partial charge in [-0.2, -0.15) is 0 Å². The fourth-order valence-corrected chi connectivity index (χ4v) is 2.69. The van der Waals surface area contributed by atoms with E-state index < -0.39 is 17.7 Å². The maximum Gasteiger partial charge on any atom is 0.128 e. The van der Waals surface area contributed by atoms with Gasteiger partial charge >= 0.3 is 0 Å². The van der Waals surface area contributed by atoms with Crippen molar-refractivity contribution >= 4 is 11.8 Å². The van der Waals surface area contributed by atoms with Crippen LogP contribution in [-0.4, -0.2) is 12.9 Å². The Hall–Kier alpha value is -1.59. The highest BCUT2D eigenvalue weighted by Crippen LogP contribution is 2.27. The second-order valence-corrected chi connectivity index (χ2v) is 5.36. The standard InChI is InChI=1S/C15H15F2NOS/c1-19-11-3-2-4-12(8-11)20-9-15(18)13-7-10(16)5-6-14(13)17/h2-8,15H,9,18H2,1H3. The Morgan fingerprint density at radius 2 is 2.00 bits per heavy atom. The second-order valence-electron chi connectivity index (χ2n) is 4.26. The fraction of sp³-hybridized carbons (Fsp3) is 0.200. The lowest BCUT2D eigenvalue weighted by molar-refractivity contribution is 0.413. The molecule has 0 fully saturated rings. The van der Waals surface area contributed by atoms with E-state index in [-0.39, 0.29) is 5.56 Å². The molecular weight excluding hydrogens is 280 g/mol. The molecule has 2 aromatic carbocycles. The summed E-state index contributed by atoms with van der Waals surface area (Å²) in [5, 5.41) is 0. The van der Waals surface area contributed by atoms with E-state index in [9.17, 15) is 8.78 Å². The average Bonchev–Trinajstić information content (AvgIpc) is 2.47. The third kappa shape index (κ3) is 3.71. The van der Waals surface area contributed by atoms with Crippen molar-refractivity contribution in [3.8, 4) is 5.75 Å². The maximum absolute atomic E-state index is 13.6.